The monoisotopic (exact) mass is 283 g/mol. The van der Waals surface area contributed by atoms with E-state index in [9.17, 15) is 9.59 Å². The number of nitrogens with zero attached hydrogens (tertiary/aromatic N) is 1. The summed E-state index contributed by atoms with van der Waals surface area (Å²) in [5.41, 5.74) is 0.937. The van der Waals surface area contributed by atoms with E-state index in [2.05, 4.69) is 0 Å². The quantitative estimate of drug-likeness (QED) is 0.811. The average Bonchev–Trinajstić information content (AvgIpc) is 3.06. The fourth-order valence-corrected chi connectivity index (χ4v) is 2.09. The molecular weight excluding hydrogens is 270 g/mol. The second kappa shape index (κ2) is 5.28. The first-order valence-electron chi connectivity index (χ1n) is 6.59. The largest absolute Gasteiger partial charge is 0.457 e. The van der Waals surface area contributed by atoms with Gasteiger partial charge in [0.2, 0.25) is 5.76 Å². The summed E-state index contributed by atoms with van der Waals surface area (Å²) in [5, 5.41) is 0. The highest BCUT2D eigenvalue weighted by Gasteiger charge is 2.35. The van der Waals surface area contributed by atoms with Crippen LogP contribution in [0.3, 0.4) is 0 Å². The Bertz CT molecular complexity index is 715. The molecule has 2 amide bonds. The highest BCUT2D eigenvalue weighted by atomic mass is 16.6. The molecule has 0 radical (unpaired) electrons. The number of amides is 2. The first-order valence-corrected chi connectivity index (χ1v) is 6.59. The Labute approximate surface area is 121 Å². The lowest BCUT2D eigenvalue weighted by Crippen LogP contribution is -2.28. The number of furan rings is 1. The molecule has 1 aromatic heterocycles. The topological polar surface area (TPSA) is 59.8 Å². The smallest absolute Gasteiger partial charge is 0.422 e. The van der Waals surface area contributed by atoms with Crippen molar-refractivity contribution in [2.24, 2.45) is 0 Å². The predicted molar refractivity (Wildman–Crippen MR) is 76.0 cm³/mol. The van der Waals surface area contributed by atoms with Crippen molar-refractivity contribution in [2.45, 2.75) is 6.92 Å². The van der Waals surface area contributed by atoms with Gasteiger partial charge in [-0.2, -0.15) is 0 Å². The van der Waals surface area contributed by atoms with Gasteiger partial charge in [0.1, 0.15) is 11.5 Å². The molecule has 106 valence electrons. The number of likely N-dealkylation sites (N-methyl/N-ethyl adjacent to an activating group) is 1. The number of carbonyl (C=O) groups is 2. The van der Waals surface area contributed by atoms with Gasteiger partial charge in [-0.25, -0.2) is 9.69 Å². The van der Waals surface area contributed by atoms with E-state index in [1.807, 2.05) is 30.3 Å². The van der Waals surface area contributed by atoms with E-state index < -0.39 is 12.0 Å². The molecule has 1 aliphatic heterocycles. The molecule has 0 aliphatic carbocycles. The normalized spacial score (nSPS) is 16.6. The summed E-state index contributed by atoms with van der Waals surface area (Å²) in [6.07, 6.45) is 0.783. The van der Waals surface area contributed by atoms with Gasteiger partial charge in [0, 0.05) is 18.2 Å². The molecule has 5 nitrogen and oxygen atoms in total. The lowest BCUT2D eigenvalue weighted by molar-refractivity contribution is -0.123. The lowest BCUT2D eigenvalue weighted by atomic mass is 10.2. The molecule has 5 heteroatoms. The Balaban J connectivity index is 1.87. The van der Waals surface area contributed by atoms with Gasteiger partial charge in [0.15, 0.2) is 0 Å². The molecule has 0 unspecified atom stereocenters. The Morgan fingerprint density at radius 1 is 1.10 bits per heavy atom. The van der Waals surface area contributed by atoms with Gasteiger partial charge in [-0.05, 0) is 19.1 Å². The van der Waals surface area contributed by atoms with Crippen molar-refractivity contribution in [1.29, 1.82) is 0 Å². The summed E-state index contributed by atoms with van der Waals surface area (Å²) in [7, 11) is 0. The molecule has 0 atom stereocenters. The third kappa shape index (κ3) is 2.45. The highest BCUT2D eigenvalue weighted by molar-refractivity contribution is 6.09. The maximum Gasteiger partial charge on any atom is 0.422 e. The van der Waals surface area contributed by atoms with E-state index in [1.165, 1.54) is 6.08 Å². The Morgan fingerprint density at radius 2 is 1.86 bits per heavy atom. The number of benzene rings is 1. The number of carbonyl (C=O) groups excluding carboxylic acids is 2. The van der Waals surface area contributed by atoms with E-state index in [-0.39, 0.29) is 12.3 Å². The van der Waals surface area contributed by atoms with Crippen molar-refractivity contribution in [2.75, 3.05) is 6.54 Å². The van der Waals surface area contributed by atoms with Crippen LogP contribution in [0, 0.1) is 0 Å². The number of cyclic esters (lactones) is 1. The molecule has 0 N–H and O–H groups in total. The molecule has 1 aliphatic rings. The van der Waals surface area contributed by atoms with Crippen LogP contribution >= 0.6 is 0 Å². The zero-order chi connectivity index (χ0) is 14.8. The second-order valence-electron chi connectivity index (χ2n) is 4.49. The van der Waals surface area contributed by atoms with E-state index in [1.54, 1.807) is 19.1 Å². The van der Waals surface area contributed by atoms with Crippen LogP contribution in [-0.2, 0) is 9.53 Å². The maximum atomic E-state index is 11.9. The molecule has 0 spiro atoms. The number of ether oxygens (including phenoxy) is 1. The maximum absolute atomic E-state index is 11.9. The van der Waals surface area contributed by atoms with Crippen molar-refractivity contribution in [3.8, 4) is 11.3 Å². The number of imide groups is 1. The molecule has 1 aromatic carbocycles. The minimum absolute atomic E-state index is 0.0178. The summed E-state index contributed by atoms with van der Waals surface area (Å²) in [4.78, 5) is 24.4. The van der Waals surface area contributed by atoms with Crippen molar-refractivity contribution < 1.29 is 18.7 Å². The van der Waals surface area contributed by atoms with Crippen LogP contribution in [0.15, 0.2) is 52.6 Å². The van der Waals surface area contributed by atoms with E-state index >= 15 is 0 Å². The number of hydrogen-bond acceptors (Lipinski definition) is 4. The van der Waals surface area contributed by atoms with Gasteiger partial charge in [0.25, 0.3) is 5.91 Å². The summed E-state index contributed by atoms with van der Waals surface area (Å²) in [5.74, 6) is 0.686. The third-order valence-electron chi connectivity index (χ3n) is 3.15. The van der Waals surface area contributed by atoms with Crippen LogP contribution in [0.4, 0.5) is 4.79 Å². The molecule has 0 bridgehead atoms. The average molecular weight is 283 g/mol. The van der Waals surface area contributed by atoms with Crippen LogP contribution in [0.25, 0.3) is 17.4 Å². The van der Waals surface area contributed by atoms with Gasteiger partial charge >= 0.3 is 6.09 Å². The minimum atomic E-state index is -0.649. The third-order valence-corrected chi connectivity index (χ3v) is 3.15. The van der Waals surface area contributed by atoms with E-state index in [0.717, 1.165) is 10.5 Å². The Hall–Kier alpha value is -2.82. The number of hydrogen-bond donors (Lipinski definition) is 0. The van der Waals surface area contributed by atoms with E-state index in [0.29, 0.717) is 11.5 Å². The van der Waals surface area contributed by atoms with Crippen LogP contribution in [0.1, 0.15) is 12.7 Å². The van der Waals surface area contributed by atoms with Crippen molar-refractivity contribution in [3.05, 3.63) is 54.0 Å². The molecule has 3 rings (SSSR count). The zero-order valence-corrected chi connectivity index (χ0v) is 11.4. The van der Waals surface area contributed by atoms with Crippen molar-refractivity contribution in [3.63, 3.8) is 0 Å². The molecule has 2 aromatic rings. The molecule has 2 heterocycles. The minimum Gasteiger partial charge on any atom is -0.457 e. The summed E-state index contributed by atoms with van der Waals surface area (Å²) in [6, 6.07) is 13.1. The fraction of sp³-hybridized carbons (Fsp3) is 0.125. The van der Waals surface area contributed by atoms with Gasteiger partial charge in [-0.15, -0.1) is 0 Å². The van der Waals surface area contributed by atoms with Gasteiger partial charge in [-0.3, -0.25) is 4.79 Å². The Morgan fingerprint density at radius 3 is 2.52 bits per heavy atom. The van der Waals surface area contributed by atoms with Crippen molar-refractivity contribution >= 4 is 18.1 Å². The zero-order valence-electron chi connectivity index (χ0n) is 11.4. The van der Waals surface area contributed by atoms with Crippen molar-refractivity contribution in [1.82, 2.24) is 4.90 Å². The molecule has 1 saturated heterocycles. The van der Waals surface area contributed by atoms with Gasteiger partial charge < -0.3 is 9.15 Å². The molecule has 1 fully saturated rings. The van der Waals surface area contributed by atoms with Crippen LogP contribution in [0.2, 0.25) is 0 Å². The van der Waals surface area contributed by atoms with Gasteiger partial charge in [-0.1, -0.05) is 30.3 Å². The van der Waals surface area contributed by atoms with Crippen LogP contribution in [-0.4, -0.2) is 23.4 Å². The van der Waals surface area contributed by atoms with Crippen LogP contribution < -0.4 is 0 Å². The molecule has 0 saturated carbocycles. The SMILES string of the molecule is CCN1C(=O)OC(=Cc2ccc(-c3ccccc3)o2)C1=O. The molecule has 21 heavy (non-hydrogen) atoms. The number of rotatable bonds is 3. The Kier molecular flexibility index (Phi) is 3.31. The van der Waals surface area contributed by atoms with Crippen LogP contribution in [0.5, 0.6) is 0 Å². The predicted octanol–water partition coefficient (Wildman–Crippen LogP) is 3.29. The van der Waals surface area contributed by atoms with E-state index in [4.69, 9.17) is 9.15 Å². The lowest BCUT2D eigenvalue weighted by Gasteiger charge is -2.03. The first-order chi connectivity index (χ1) is 10.2. The summed E-state index contributed by atoms with van der Waals surface area (Å²) in [6.45, 7) is 1.99. The highest BCUT2D eigenvalue weighted by Crippen LogP contribution is 2.25. The first kappa shape index (κ1) is 13.2. The molecular formula is C16H13NO4. The van der Waals surface area contributed by atoms with Gasteiger partial charge in [0.05, 0.1) is 0 Å². The standard InChI is InChI=1S/C16H13NO4/c1-2-17-15(18)14(21-16(17)19)10-12-8-9-13(20-12)11-6-4-3-5-7-11/h3-10H,2H2,1H3. The second-order valence-corrected chi connectivity index (χ2v) is 4.49. The fourth-order valence-electron chi connectivity index (χ4n) is 2.09. The summed E-state index contributed by atoms with van der Waals surface area (Å²) < 4.78 is 10.6. The summed E-state index contributed by atoms with van der Waals surface area (Å²) >= 11 is 0.